The molecule has 0 aliphatic heterocycles. The summed E-state index contributed by atoms with van der Waals surface area (Å²) in [4.78, 5) is 4.80. The van der Waals surface area contributed by atoms with Crippen LogP contribution in [0.4, 0.5) is 34.1 Å². The van der Waals surface area contributed by atoms with Gasteiger partial charge in [0.15, 0.2) is 0 Å². The molecule has 10 aromatic rings. The maximum atomic E-state index is 2.41. The summed E-state index contributed by atoms with van der Waals surface area (Å²) in [5.41, 5.74) is 18.3. The molecule has 0 bridgehead atoms. The van der Waals surface area contributed by atoms with E-state index < -0.39 is 5.41 Å². The number of rotatable bonds is 10. The molecule has 1 aliphatic carbocycles. The summed E-state index contributed by atoms with van der Waals surface area (Å²) in [6.45, 7) is 0. The maximum Gasteiger partial charge on any atom is 0.0714 e. The fourth-order valence-corrected chi connectivity index (χ4v) is 9.78. The van der Waals surface area contributed by atoms with Crippen LogP contribution in [0.5, 0.6) is 0 Å². The molecular formula is C61H44N2. The van der Waals surface area contributed by atoms with E-state index in [1.54, 1.807) is 0 Å². The molecule has 63 heavy (non-hydrogen) atoms. The average molecular weight is 805 g/mol. The first-order chi connectivity index (χ1) is 31.3. The first kappa shape index (κ1) is 37.8. The third-order valence-electron chi connectivity index (χ3n) is 12.5. The molecule has 0 saturated carbocycles. The summed E-state index contributed by atoms with van der Waals surface area (Å²) in [7, 11) is 0. The third kappa shape index (κ3) is 6.70. The molecule has 0 N–H and O–H groups in total. The Hall–Kier alpha value is -8.20. The van der Waals surface area contributed by atoms with Crippen molar-refractivity contribution in [3.05, 3.63) is 289 Å². The summed E-state index contributed by atoms with van der Waals surface area (Å²) in [6.07, 6.45) is 0. The van der Waals surface area contributed by atoms with Crippen LogP contribution in [0.25, 0.3) is 33.4 Å². The molecule has 0 aromatic heterocycles. The molecule has 10 aromatic carbocycles. The Morgan fingerprint density at radius 1 is 0.238 bits per heavy atom. The lowest BCUT2D eigenvalue weighted by Gasteiger charge is -2.35. The van der Waals surface area contributed by atoms with Gasteiger partial charge in [0, 0.05) is 34.0 Å². The molecule has 2 nitrogen and oxygen atoms in total. The van der Waals surface area contributed by atoms with Crippen LogP contribution in [-0.4, -0.2) is 0 Å². The quantitative estimate of drug-likeness (QED) is 0.136. The Balaban J connectivity index is 1.10. The number of nitrogens with zero attached hydrogens (tertiary/aromatic N) is 2. The van der Waals surface area contributed by atoms with E-state index in [0.717, 1.165) is 39.7 Å². The van der Waals surface area contributed by atoms with Gasteiger partial charge in [-0.05, 0) is 111 Å². The van der Waals surface area contributed by atoms with Crippen LogP contribution in [0, 0.1) is 0 Å². The number of para-hydroxylation sites is 2. The fraction of sp³-hybridized carbons (Fsp3) is 0.0164. The highest BCUT2D eigenvalue weighted by molar-refractivity contribution is 5.91. The largest absolute Gasteiger partial charge is 0.310 e. The minimum absolute atomic E-state index is 0.515. The molecule has 0 atom stereocenters. The maximum absolute atomic E-state index is 2.41. The second-order valence-electron chi connectivity index (χ2n) is 16.1. The Morgan fingerprint density at radius 3 is 1.29 bits per heavy atom. The molecule has 0 spiro atoms. The predicted octanol–water partition coefficient (Wildman–Crippen LogP) is 16.3. The van der Waals surface area contributed by atoms with Gasteiger partial charge in [-0.3, -0.25) is 0 Å². The second-order valence-corrected chi connectivity index (χ2v) is 16.1. The molecule has 0 unspecified atom stereocenters. The lowest BCUT2D eigenvalue weighted by atomic mass is 9.67. The van der Waals surface area contributed by atoms with Gasteiger partial charge in [-0.25, -0.2) is 0 Å². The average Bonchev–Trinajstić information content (AvgIpc) is 3.67. The number of anilines is 6. The van der Waals surface area contributed by atoms with Crippen LogP contribution in [0.2, 0.25) is 0 Å². The van der Waals surface area contributed by atoms with Crippen LogP contribution in [-0.2, 0) is 5.41 Å². The van der Waals surface area contributed by atoms with Crippen molar-refractivity contribution in [2.45, 2.75) is 5.41 Å². The van der Waals surface area contributed by atoms with E-state index in [-0.39, 0.29) is 0 Å². The molecule has 0 saturated heterocycles. The topological polar surface area (TPSA) is 6.48 Å². The summed E-state index contributed by atoms with van der Waals surface area (Å²) < 4.78 is 0. The van der Waals surface area contributed by atoms with Crippen molar-refractivity contribution >= 4 is 34.1 Å². The van der Waals surface area contributed by atoms with Crippen molar-refractivity contribution in [3.8, 4) is 33.4 Å². The van der Waals surface area contributed by atoms with Gasteiger partial charge in [0.05, 0.1) is 11.1 Å². The van der Waals surface area contributed by atoms with E-state index in [9.17, 15) is 0 Å². The number of hydrogen-bond acceptors (Lipinski definition) is 2. The van der Waals surface area contributed by atoms with Crippen LogP contribution in [0.3, 0.4) is 0 Å². The highest BCUT2D eigenvalue weighted by Gasteiger charge is 2.46. The Labute approximate surface area is 370 Å². The lowest BCUT2D eigenvalue weighted by molar-refractivity contribution is 0.768. The van der Waals surface area contributed by atoms with Gasteiger partial charge in [0.2, 0.25) is 0 Å². The molecule has 0 heterocycles. The zero-order valence-corrected chi connectivity index (χ0v) is 34.8. The molecule has 2 heteroatoms. The molecule has 11 rings (SSSR count). The van der Waals surface area contributed by atoms with Gasteiger partial charge in [0.1, 0.15) is 0 Å². The number of hydrogen-bond donors (Lipinski definition) is 0. The van der Waals surface area contributed by atoms with Crippen molar-refractivity contribution in [2.24, 2.45) is 0 Å². The van der Waals surface area contributed by atoms with Crippen molar-refractivity contribution in [1.29, 1.82) is 0 Å². The second kappa shape index (κ2) is 16.3. The molecule has 1 aliphatic rings. The summed E-state index contributed by atoms with van der Waals surface area (Å²) in [6, 6.07) is 96.9. The van der Waals surface area contributed by atoms with E-state index in [0.29, 0.717) is 0 Å². The Morgan fingerprint density at radius 2 is 0.651 bits per heavy atom. The van der Waals surface area contributed by atoms with Crippen molar-refractivity contribution in [3.63, 3.8) is 0 Å². The SMILES string of the molecule is c1ccc(-c2ccc(N(c3cccc(N(c4ccccc4)c4cccc(C5(c6ccccc6)c6ccccc6-c6ccccc65)c4)c3)c3ccccc3-c3ccccc3)cc2)cc1. The van der Waals surface area contributed by atoms with Crippen LogP contribution < -0.4 is 9.80 Å². The minimum atomic E-state index is -0.515. The third-order valence-corrected chi connectivity index (χ3v) is 12.5. The van der Waals surface area contributed by atoms with E-state index >= 15 is 0 Å². The van der Waals surface area contributed by atoms with E-state index in [1.165, 1.54) is 50.1 Å². The van der Waals surface area contributed by atoms with Crippen molar-refractivity contribution in [1.82, 2.24) is 0 Å². The van der Waals surface area contributed by atoms with Gasteiger partial charge >= 0.3 is 0 Å². The van der Waals surface area contributed by atoms with Crippen LogP contribution in [0.1, 0.15) is 22.3 Å². The van der Waals surface area contributed by atoms with E-state index in [1.807, 2.05) is 0 Å². The monoisotopic (exact) mass is 804 g/mol. The van der Waals surface area contributed by atoms with Gasteiger partial charge in [-0.2, -0.15) is 0 Å². The first-order valence-electron chi connectivity index (χ1n) is 21.7. The van der Waals surface area contributed by atoms with Gasteiger partial charge < -0.3 is 9.80 Å². The zero-order valence-electron chi connectivity index (χ0n) is 34.8. The molecule has 0 fully saturated rings. The summed E-state index contributed by atoms with van der Waals surface area (Å²) >= 11 is 0. The summed E-state index contributed by atoms with van der Waals surface area (Å²) in [5, 5.41) is 0. The minimum Gasteiger partial charge on any atom is -0.310 e. The normalized spacial score (nSPS) is 12.3. The molecule has 0 radical (unpaired) electrons. The van der Waals surface area contributed by atoms with Gasteiger partial charge in [-0.1, -0.05) is 206 Å². The standard InChI is InChI=1S/C61H44N2/c1-5-21-45(22-6-1)46-39-41-51(42-40-46)63(60-38-18-15-33-55(60)47-23-7-2-8-24-47)54-32-20-31-53(44-54)62(50-28-11-4-12-29-50)52-30-19-27-49(43-52)61(48-25-9-3-10-26-48)58-36-16-13-34-56(58)57-35-14-17-37-59(57)61/h1-44H. The van der Waals surface area contributed by atoms with E-state index in [2.05, 4.69) is 277 Å². The fourth-order valence-electron chi connectivity index (χ4n) is 9.78. The number of benzene rings is 10. The van der Waals surface area contributed by atoms with Crippen molar-refractivity contribution < 1.29 is 0 Å². The van der Waals surface area contributed by atoms with Crippen LogP contribution >= 0.6 is 0 Å². The molecule has 298 valence electrons. The molecular weight excluding hydrogens is 761 g/mol. The van der Waals surface area contributed by atoms with Crippen LogP contribution in [0.15, 0.2) is 267 Å². The Bertz CT molecular complexity index is 3110. The van der Waals surface area contributed by atoms with E-state index in [4.69, 9.17) is 0 Å². The summed E-state index contributed by atoms with van der Waals surface area (Å²) in [5.74, 6) is 0. The van der Waals surface area contributed by atoms with Crippen molar-refractivity contribution in [2.75, 3.05) is 9.80 Å². The predicted molar refractivity (Wildman–Crippen MR) is 264 cm³/mol. The van der Waals surface area contributed by atoms with Gasteiger partial charge in [0.25, 0.3) is 0 Å². The van der Waals surface area contributed by atoms with Gasteiger partial charge in [-0.15, -0.1) is 0 Å². The highest BCUT2D eigenvalue weighted by atomic mass is 15.2. The Kier molecular flexibility index (Phi) is 9.80. The number of fused-ring (bicyclic) bond motifs is 3. The smallest absolute Gasteiger partial charge is 0.0714 e. The lowest BCUT2D eigenvalue weighted by Crippen LogP contribution is -2.28. The zero-order chi connectivity index (χ0) is 42.0. The first-order valence-corrected chi connectivity index (χ1v) is 21.7. The highest BCUT2D eigenvalue weighted by Crippen LogP contribution is 2.56. The molecule has 0 amide bonds.